The molecule has 0 spiro atoms. The summed E-state index contributed by atoms with van der Waals surface area (Å²) in [6, 6.07) is 18.5. The van der Waals surface area contributed by atoms with E-state index in [0.717, 1.165) is 36.7 Å². The predicted molar refractivity (Wildman–Crippen MR) is 112 cm³/mol. The third-order valence-electron chi connectivity index (χ3n) is 3.98. The molecule has 0 aliphatic carbocycles. The van der Waals surface area contributed by atoms with E-state index in [2.05, 4.69) is 39.5 Å². The minimum atomic E-state index is 0.643. The number of thiophene rings is 1. The molecule has 26 heavy (non-hydrogen) atoms. The summed E-state index contributed by atoms with van der Waals surface area (Å²) >= 11 is 9.96. The molecule has 0 bridgehead atoms. The highest BCUT2D eigenvalue weighted by atomic mass is 35.5. The van der Waals surface area contributed by atoms with Crippen molar-refractivity contribution in [1.82, 2.24) is 14.8 Å². The van der Waals surface area contributed by atoms with Crippen LogP contribution in [0.25, 0.3) is 20.8 Å². The van der Waals surface area contributed by atoms with Crippen molar-refractivity contribution in [2.24, 2.45) is 0 Å². The molecular weight excluding hydrogens is 382 g/mol. The Balaban J connectivity index is 1.71. The summed E-state index contributed by atoms with van der Waals surface area (Å²) in [4.78, 5) is 0.953. The third kappa shape index (κ3) is 3.30. The van der Waals surface area contributed by atoms with Gasteiger partial charge in [-0.15, -0.1) is 28.1 Å². The van der Waals surface area contributed by atoms with Crippen LogP contribution in [0.4, 0.5) is 0 Å². The van der Waals surface area contributed by atoms with Crippen LogP contribution in [-0.4, -0.2) is 14.8 Å². The second-order valence-electron chi connectivity index (χ2n) is 5.72. The van der Waals surface area contributed by atoms with Crippen LogP contribution in [0.3, 0.4) is 0 Å². The molecule has 0 atom stereocenters. The maximum Gasteiger partial charge on any atom is 0.192 e. The fourth-order valence-electron chi connectivity index (χ4n) is 2.74. The average Bonchev–Trinajstić information content (AvgIpc) is 3.22. The van der Waals surface area contributed by atoms with Gasteiger partial charge in [0.2, 0.25) is 0 Å². The van der Waals surface area contributed by atoms with E-state index in [0.29, 0.717) is 6.54 Å². The largest absolute Gasteiger partial charge is 0.297 e. The maximum absolute atomic E-state index is 6.64. The lowest BCUT2D eigenvalue weighted by atomic mass is 10.2. The van der Waals surface area contributed by atoms with Crippen molar-refractivity contribution in [3.63, 3.8) is 0 Å². The Morgan fingerprint density at radius 3 is 2.62 bits per heavy atom. The Hall–Kier alpha value is -2.08. The summed E-state index contributed by atoms with van der Waals surface area (Å²) in [6.07, 6.45) is 1.86. The number of rotatable bonds is 6. The maximum atomic E-state index is 6.64. The van der Waals surface area contributed by atoms with Crippen molar-refractivity contribution in [2.45, 2.75) is 17.5 Å². The Labute approximate surface area is 165 Å². The number of aromatic nitrogens is 3. The van der Waals surface area contributed by atoms with E-state index in [4.69, 9.17) is 11.6 Å². The lowest BCUT2D eigenvalue weighted by molar-refractivity contribution is 0.732. The molecule has 130 valence electrons. The number of halogens is 1. The van der Waals surface area contributed by atoms with Gasteiger partial charge in [-0.2, -0.15) is 0 Å². The van der Waals surface area contributed by atoms with Gasteiger partial charge in [-0.1, -0.05) is 78.0 Å². The first-order chi connectivity index (χ1) is 12.8. The van der Waals surface area contributed by atoms with E-state index < -0.39 is 0 Å². The van der Waals surface area contributed by atoms with Crippen LogP contribution in [0.2, 0.25) is 5.02 Å². The first kappa shape index (κ1) is 17.3. The van der Waals surface area contributed by atoms with Crippen molar-refractivity contribution in [3.05, 3.63) is 77.8 Å². The lowest BCUT2D eigenvalue weighted by Gasteiger charge is -2.07. The summed E-state index contributed by atoms with van der Waals surface area (Å²) in [5, 5.41) is 11.5. The molecule has 0 saturated carbocycles. The van der Waals surface area contributed by atoms with E-state index in [9.17, 15) is 0 Å². The van der Waals surface area contributed by atoms with E-state index in [-0.39, 0.29) is 0 Å². The molecule has 0 aliphatic heterocycles. The summed E-state index contributed by atoms with van der Waals surface area (Å²) in [5.41, 5.74) is 1.26. The molecular formula is C20H16ClN3S2. The van der Waals surface area contributed by atoms with Crippen LogP contribution in [0.1, 0.15) is 5.56 Å². The number of hydrogen-bond acceptors (Lipinski definition) is 4. The third-order valence-corrected chi connectivity index (χ3v) is 6.69. The fourth-order valence-corrected chi connectivity index (χ4v) is 5.15. The molecule has 0 unspecified atom stereocenters. The molecule has 0 radical (unpaired) electrons. The van der Waals surface area contributed by atoms with Crippen LogP contribution in [0.15, 0.2) is 72.4 Å². The van der Waals surface area contributed by atoms with Crippen molar-refractivity contribution in [3.8, 4) is 10.7 Å². The van der Waals surface area contributed by atoms with Crippen LogP contribution in [-0.2, 0) is 12.3 Å². The second kappa shape index (κ2) is 7.66. The van der Waals surface area contributed by atoms with Crippen LogP contribution >= 0.6 is 34.7 Å². The zero-order valence-corrected chi connectivity index (χ0v) is 16.3. The molecule has 0 amide bonds. The molecule has 0 N–H and O–H groups in total. The van der Waals surface area contributed by atoms with Gasteiger partial charge in [0.25, 0.3) is 0 Å². The highest BCUT2D eigenvalue weighted by Gasteiger charge is 2.19. The van der Waals surface area contributed by atoms with Crippen molar-refractivity contribution >= 4 is 44.8 Å². The van der Waals surface area contributed by atoms with Crippen molar-refractivity contribution in [2.75, 3.05) is 0 Å². The average molecular weight is 398 g/mol. The number of allylic oxidation sites excluding steroid dienone is 1. The van der Waals surface area contributed by atoms with Gasteiger partial charge in [0.05, 0.1) is 9.90 Å². The summed E-state index contributed by atoms with van der Waals surface area (Å²) in [7, 11) is 0. The van der Waals surface area contributed by atoms with Crippen LogP contribution in [0, 0.1) is 0 Å². The normalized spacial score (nSPS) is 11.1. The van der Waals surface area contributed by atoms with Gasteiger partial charge in [-0.25, -0.2) is 0 Å². The molecule has 0 fully saturated rings. The quantitative estimate of drug-likeness (QED) is 0.283. The van der Waals surface area contributed by atoms with Gasteiger partial charge >= 0.3 is 0 Å². The zero-order chi connectivity index (χ0) is 17.9. The standard InChI is InChI=1S/C20H16ClN3S2/c1-2-12-24-19(18-17(21)15-10-6-7-11-16(15)26-18)22-23-20(24)25-13-14-8-4-3-5-9-14/h2-11H,1,12-13H2. The molecule has 4 rings (SSSR count). The summed E-state index contributed by atoms with van der Waals surface area (Å²) < 4.78 is 3.23. The number of thioether (sulfide) groups is 1. The first-order valence-corrected chi connectivity index (χ1v) is 10.3. The Morgan fingerprint density at radius 1 is 1.08 bits per heavy atom. The van der Waals surface area contributed by atoms with Gasteiger partial charge in [0, 0.05) is 22.4 Å². The number of benzene rings is 2. The SMILES string of the molecule is C=CCn1c(SCc2ccccc2)nnc1-c1sc2ccccc2c1Cl. The van der Waals surface area contributed by atoms with Gasteiger partial charge in [0.15, 0.2) is 11.0 Å². The molecule has 0 aliphatic rings. The fraction of sp³-hybridized carbons (Fsp3) is 0.100. The minimum Gasteiger partial charge on any atom is -0.297 e. The zero-order valence-electron chi connectivity index (χ0n) is 13.9. The van der Waals surface area contributed by atoms with Crippen molar-refractivity contribution < 1.29 is 0 Å². The van der Waals surface area contributed by atoms with Gasteiger partial charge in [-0.3, -0.25) is 4.57 Å². The highest BCUT2D eigenvalue weighted by Crippen LogP contribution is 2.42. The molecule has 3 nitrogen and oxygen atoms in total. The Morgan fingerprint density at radius 2 is 1.85 bits per heavy atom. The topological polar surface area (TPSA) is 30.7 Å². The van der Waals surface area contributed by atoms with Gasteiger partial charge in [0.1, 0.15) is 0 Å². The van der Waals surface area contributed by atoms with E-state index in [1.807, 2.05) is 42.5 Å². The first-order valence-electron chi connectivity index (χ1n) is 8.16. The Bertz CT molecular complexity index is 1050. The molecule has 4 aromatic rings. The Kier molecular flexibility index (Phi) is 5.11. The van der Waals surface area contributed by atoms with Gasteiger partial charge < -0.3 is 0 Å². The summed E-state index contributed by atoms with van der Waals surface area (Å²) in [5.74, 6) is 1.64. The number of hydrogen-bond donors (Lipinski definition) is 0. The van der Waals surface area contributed by atoms with Crippen molar-refractivity contribution in [1.29, 1.82) is 0 Å². The lowest BCUT2D eigenvalue weighted by Crippen LogP contribution is -2.00. The van der Waals surface area contributed by atoms with E-state index in [1.54, 1.807) is 23.1 Å². The van der Waals surface area contributed by atoms with Crippen LogP contribution < -0.4 is 0 Å². The summed E-state index contributed by atoms with van der Waals surface area (Å²) in [6.45, 7) is 4.52. The second-order valence-corrected chi connectivity index (χ2v) is 8.09. The van der Waals surface area contributed by atoms with Crippen LogP contribution in [0.5, 0.6) is 0 Å². The molecule has 6 heteroatoms. The molecule has 2 heterocycles. The highest BCUT2D eigenvalue weighted by molar-refractivity contribution is 7.98. The van der Waals surface area contributed by atoms with Gasteiger partial charge in [-0.05, 0) is 11.6 Å². The predicted octanol–water partition coefficient (Wildman–Crippen LogP) is 6.29. The number of nitrogens with zero attached hydrogens (tertiary/aromatic N) is 3. The van der Waals surface area contributed by atoms with E-state index in [1.165, 1.54) is 5.56 Å². The molecule has 2 aromatic heterocycles. The van der Waals surface area contributed by atoms with E-state index >= 15 is 0 Å². The smallest absolute Gasteiger partial charge is 0.192 e. The molecule has 0 saturated heterocycles. The number of fused-ring (bicyclic) bond motifs is 1. The minimum absolute atomic E-state index is 0.643. The molecule has 2 aromatic carbocycles. The monoisotopic (exact) mass is 397 g/mol.